The smallest absolute Gasteiger partial charge is 0.254 e. The monoisotopic (exact) mass is 221 g/mol. The van der Waals surface area contributed by atoms with Crippen LogP contribution in [0.2, 0.25) is 0 Å². The molecular weight excluding hydrogens is 206 g/mol. The normalized spacial score (nSPS) is 25.4. The Morgan fingerprint density at radius 3 is 2.56 bits per heavy atom. The van der Waals surface area contributed by atoms with Crippen LogP contribution in [0, 0.1) is 5.92 Å². The number of hydrogen-bond acceptors (Lipinski definition) is 3. The molecule has 0 aromatic heterocycles. The van der Waals surface area contributed by atoms with Gasteiger partial charge in [-0.1, -0.05) is 32.0 Å². The lowest BCUT2D eigenvalue weighted by Crippen LogP contribution is -2.51. The van der Waals surface area contributed by atoms with Crippen molar-refractivity contribution in [3.05, 3.63) is 35.4 Å². The van der Waals surface area contributed by atoms with Gasteiger partial charge in [0, 0.05) is 11.1 Å². The van der Waals surface area contributed by atoms with Crippen molar-refractivity contribution in [1.82, 2.24) is 5.32 Å². The first-order valence-electron chi connectivity index (χ1n) is 5.29. The summed E-state index contributed by atoms with van der Waals surface area (Å²) < 4.78 is 0. The van der Waals surface area contributed by atoms with E-state index in [1.165, 1.54) is 0 Å². The lowest BCUT2D eigenvalue weighted by Gasteiger charge is -2.31. The Hall–Kier alpha value is -1.39. The van der Waals surface area contributed by atoms with Crippen molar-refractivity contribution >= 4 is 5.91 Å². The number of aliphatic hydroxyl groups excluding tert-OH is 1. The lowest BCUT2D eigenvalue weighted by molar-refractivity contribution is -0.111. The fraction of sp³-hybridized carbons (Fsp3) is 0.417. The van der Waals surface area contributed by atoms with Crippen molar-refractivity contribution in [3.63, 3.8) is 0 Å². The third-order valence-electron chi connectivity index (χ3n) is 2.95. The van der Waals surface area contributed by atoms with E-state index in [4.69, 9.17) is 0 Å². The number of aliphatic hydroxyl groups is 2. The van der Waals surface area contributed by atoms with Gasteiger partial charge in [0.2, 0.25) is 0 Å². The Morgan fingerprint density at radius 1 is 1.31 bits per heavy atom. The van der Waals surface area contributed by atoms with E-state index >= 15 is 0 Å². The molecule has 2 atom stereocenters. The third kappa shape index (κ3) is 1.42. The highest BCUT2D eigenvalue weighted by molar-refractivity contribution is 5.99. The number of benzene rings is 1. The average molecular weight is 221 g/mol. The molecule has 1 aromatic rings. The summed E-state index contributed by atoms with van der Waals surface area (Å²) in [7, 11) is 0. The molecule has 0 bridgehead atoms. The van der Waals surface area contributed by atoms with Gasteiger partial charge < -0.3 is 15.5 Å². The molecule has 4 heteroatoms. The Kier molecular flexibility index (Phi) is 2.48. The van der Waals surface area contributed by atoms with E-state index in [0.717, 1.165) is 0 Å². The van der Waals surface area contributed by atoms with Crippen molar-refractivity contribution in [2.45, 2.75) is 25.7 Å². The number of hydrogen-bond donors (Lipinski definition) is 3. The van der Waals surface area contributed by atoms with E-state index in [9.17, 15) is 15.0 Å². The maximum Gasteiger partial charge on any atom is 0.254 e. The van der Waals surface area contributed by atoms with E-state index < -0.39 is 11.8 Å². The Labute approximate surface area is 93.9 Å². The summed E-state index contributed by atoms with van der Waals surface area (Å²) in [5, 5.41) is 22.8. The minimum atomic E-state index is -1.66. The third-order valence-corrected chi connectivity index (χ3v) is 2.95. The number of fused-ring (bicyclic) bond motifs is 1. The van der Waals surface area contributed by atoms with Crippen molar-refractivity contribution in [3.8, 4) is 0 Å². The van der Waals surface area contributed by atoms with Crippen LogP contribution < -0.4 is 5.32 Å². The van der Waals surface area contributed by atoms with Gasteiger partial charge in [0.15, 0.2) is 5.72 Å². The predicted molar refractivity (Wildman–Crippen MR) is 58.6 cm³/mol. The largest absolute Gasteiger partial charge is 0.387 e. The highest BCUT2D eigenvalue weighted by atomic mass is 16.4. The van der Waals surface area contributed by atoms with E-state index in [0.29, 0.717) is 11.1 Å². The Balaban J connectivity index is 2.50. The molecule has 2 rings (SSSR count). The van der Waals surface area contributed by atoms with Gasteiger partial charge in [-0.2, -0.15) is 0 Å². The molecule has 0 spiro atoms. The molecule has 0 saturated carbocycles. The minimum absolute atomic E-state index is 0.156. The van der Waals surface area contributed by atoms with Crippen molar-refractivity contribution < 1.29 is 15.0 Å². The maximum atomic E-state index is 11.6. The number of nitrogens with one attached hydrogen (secondary N) is 1. The van der Waals surface area contributed by atoms with Gasteiger partial charge in [0.1, 0.15) is 6.10 Å². The van der Waals surface area contributed by atoms with Gasteiger partial charge >= 0.3 is 0 Å². The minimum Gasteiger partial charge on any atom is -0.387 e. The summed E-state index contributed by atoms with van der Waals surface area (Å²) in [6.45, 7) is 3.57. The van der Waals surface area contributed by atoms with Crippen LogP contribution in [0.3, 0.4) is 0 Å². The molecule has 1 aliphatic rings. The van der Waals surface area contributed by atoms with Crippen molar-refractivity contribution in [2.75, 3.05) is 0 Å². The standard InChI is InChI=1S/C12H15NO3/c1-7(2)10(14)12(16)9-6-4-3-5-8(9)11(15)13-12/h3-7,10,14,16H,1-2H3,(H,13,15). The molecule has 2 unspecified atom stereocenters. The first kappa shape index (κ1) is 11.1. The Morgan fingerprint density at radius 2 is 1.94 bits per heavy atom. The summed E-state index contributed by atoms with van der Waals surface area (Å²) in [5.74, 6) is -0.505. The topological polar surface area (TPSA) is 69.6 Å². The molecule has 0 saturated heterocycles. The maximum absolute atomic E-state index is 11.6. The van der Waals surface area contributed by atoms with Gasteiger partial charge in [-0.25, -0.2) is 0 Å². The van der Waals surface area contributed by atoms with Crippen molar-refractivity contribution in [1.29, 1.82) is 0 Å². The predicted octanol–water partition coefficient (Wildman–Crippen LogP) is 0.592. The van der Waals surface area contributed by atoms with Crippen LogP contribution in [-0.2, 0) is 5.72 Å². The number of amides is 1. The molecule has 0 aliphatic carbocycles. The van der Waals surface area contributed by atoms with Crippen LogP contribution in [0.25, 0.3) is 0 Å². The molecule has 3 N–H and O–H groups in total. The molecule has 0 radical (unpaired) electrons. The van der Waals surface area contributed by atoms with E-state index in [2.05, 4.69) is 5.32 Å². The number of carbonyl (C=O) groups is 1. The van der Waals surface area contributed by atoms with E-state index in [1.807, 2.05) is 0 Å². The van der Waals surface area contributed by atoms with Gasteiger partial charge in [0.05, 0.1) is 0 Å². The summed E-state index contributed by atoms with van der Waals surface area (Å²) in [5.41, 5.74) is -0.798. The highest BCUT2D eigenvalue weighted by Gasteiger charge is 2.47. The highest BCUT2D eigenvalue weighted by Crippen LogP contribution is 2.34. The molecular formula is C12H15NO3. The lowest BCUT2D eigenvalue weighted by atomic mass is 9.90. The summed E-state index contributed by atoms with van der Waals surface area (Å²) in [6, 6.07) is 6.75. The summed E-state index contributed by atoms with van der Waals surface area (Å²) in [6.07, 6.45) is -1.03. The van der Waals surface area contributed by atoms with Crippen LogP contribution in [-0.4, -0.2) is 22.2 Å². The summed E-state index contributed by atoms with van der Waals surface area (Å²) >= 11 is 0. The van der Waals surface area contributed by atoms with Crippen LogP contribution in [0.15, 0.2) is 24.3 Å². The van der Waals surface area contributed by atoms with Crippen LogP contribution in [0.4, 0.5) is 0 Å². The fourth-order valence-electron chi connectivity index (χ4n) is 2.04. The first-order chi connectivity index (χ1) is 7.47. The zero-order valence-corrected chi connectivity index (χ0v) is 9.27. The molecule has 16 heavy (non-hydrogen) atoms. The molecule has 1 aliphatic heterocycles. The molecule has 4 nitrogen and oxygen atoms in total. The molecule has 1 amide bonds. The zero-order valence-electron chi connectivity index (χ0n) is 9.27. The Bertz CT molecular complexity index is 430. The van der Waals surface area contributed by atoms with Gasteiger partial charge in [-0.05, 0) is 12.0 Å². The van der Waals surface area contributed by atoms with Crippen LogP contribution in [0.1, 0.15) is 29.8 Å². The van der Waals surface area contributed by atoms with Gasteiger partial charge in [0.25, 0.3) is 5.91 Å². The quantitative estimate of drug-likeness (QED) is 0.684. The van der Waals surface area contributed by atoms with Crippen molar-refractivity contribution in [2.24, 2.45) is 5.92 Å². The molecule has 86 valence electrons. The second-order valence-corrected chi connectivity index (χ2v) is 4.45. The average Bonchev–Trinajstić information content (AvgIpc) is 2.52. The van der Waals surface area contributed by atoms with Crippen LogP contribution in [0.5, 0.6) is 0 Å². The van der Waals surface area contributed by atoms with Gasteiger partial charge in [-0.3, -0.25) is 4.79 Å². The van der Waals surface area contributed by atoms with Crippen LogP contribution >= 0.6 is 0 Å². The zero-order chi connectivity index (χ0) is 11.9. The first-order valence-corrected chi connectivity index (χ1v) is 5.29. The second-order valence-electron chi connectivity index (χ2n) is 4.45. The summed E-state index contributed by atoms with van der Waals surface area (Å²) in [4.78, 5) is 11.6. The number of carbonyl (C=O) groups excluding carboxylic acids is 1. The molecule has 1 heterocycles. The number of rotatable bonds is 2. The van der Waals surface area contributed by atoms with Gasteiger partial charge in [-0.15, -0.1) is 0 Å². The molecule has 1 aromatic carbocycles. The second kappa shape index (κ2) is 3.57. The molecule has 0 fully saturated rings. The SMILES string of the molecule is CC(C)C(O)C1(O)NC(=O)c2ccccc21. The van der Waals surface area contributed by atoms with E-state index in [1.54, 1.807) is 38.1 Å². The fourth-order valence-corrected chi connectivity index (χ4v) is 2.04. The van der Waals surface area contributed by atoms with E-state index in [-0.39, 0.29) is 11.8 Å².